The monoisotopic (exact) mass is 286 g/mol. The van der Waals surface area contributed by atoms with Crippen molar-refractivity contribution in [1.29, 1.82) is 0 Å². The van der Waals surface area contributed by atoms with E-state index in [4.69, 9.17) is 4.74 Å². The number of thioether (sulfide) groups is 1. The van der Waals surface area contributed by atoms with Crippen LogP contribution < -0.4 is 15.4 Å². The lowest BCUT2D eigenvalue weighted by Crippen LogP contribution is -2.43. The number of amides is 1. The molecule has 2 aliphatic rings. The van der Waals surface area contributed by atoms with Gasteiger partial charge in [0.25, 0.3) is 0 Å². The van der Waals surface area contributed by atoms with E-state index in [0.717, 1.165) is 22.9 Å². The molecular formula is C12H15ClN2O2S. The summed E-state index contributed by atoms with van der Waals surface area (Å²) < 4.78 is 5.53. The molecule has 0 spiro atoms. The lowest BCUT2D eigenvalue weighted by Gasteiger charge is -2.15. The zero-order valence-corrected chi connectivity index (χ0v) is 11.4. The average molecular weight is 287 g/mol. The molecule has 2 unspecified atom stereocenters. The third-order valence-corrected chi connectivity index (χ3v) is 3.99. The number of hydrogen-bond acceptors (Lipinski definition) is 4. The normalized spacial score (nSPS) is 24.9. The first-order valence-corrected chi connectivity index (χ1v) is 6.83. The number of halogens is 1. The van der Waals surface area contributed by atoms with Gasteiger partial charge in [0.05, 0.1) is 12.1 Å². The van der Waals surface area contributed by atoms with Crippen molar-refractivity contribution >= 4 is 30.1 Å². The Morgan fingerprint density at radius 2 is 2.28 bits per heavy atom. The van der Waals surface area contributed by atoms with Crippen LogP contribution in [0.4, 0.5) is 0 Å². The molecule has 2 aliphatic heterocycles. The highest BCUT2D eigenvalue weighted by atomic mass is 35.5. The number of fused-ring (bicyclic) bond motifs is 1. The van der Waals surface area contributed by atoms with E-state index in [1.54, 1.807) is 11.8 Å². The van der Waals surface area contributed by atoms with E-state index in [2.05, 4.69) is 10.6 Å². The Balaban J connectivity index is 0.00000120. The van der Waals surface area contributed by atoms with Crippen LogP contribution in [0, 0.1) is 0 Å². The van der Waals surface area contributed by atoms with Gasteiger partial charge in [-0.2, -0.15) is 0 Å². The van der Waals surface area contributed by atoms with Gasteiger partial charge in [-0.25, -0.2) is 0 Å². The predicted octanol–water partition coefficient (Wildman–Crippen LogP) is 1.32. The largest absolute Gasteiger partial charge is 0.491 e. The van der Waals surface area contributed by atoms with Gasteiger partial charge in [-0.1, -0.05) is 18.2 Å². The molecule has 1 fully saturated rings. The third-order valence-electron chi connectivity index (χ3n) is 3.05. The Kier molecular flexibility index (Phi) is 4.37. The maximum atomic E-state index is 12.0. The molecule has 2 heterocycles. The number of hydrogen-bond donors (Lipinski definition) is 2. The first-order chi connectivity index (χ1) is 8.34. The summed E-state index contributed by atoms with van der Waals surface area (Å²) in [5.74, 6) is 2.66. The van der Waals surface area contributed by atoms with Crippen molar-refractivity contribution in [3.05, 3.63) is 29.8 Å². The zero-order chi connectivity index (χ0) is 11.7. The van der Waals surface area contributed by atoms with Gasteiger partial charge < -0.3 is 10.1 Å². The molecule has 2 N–H and O–H groups in total. The summed E-state index contributed by atoms with van der Waals surface area (Å²) in [6.45, 7) is 0.533. The second-order valence-corrected chi connectivity index (χ2v) is 5.21. The summed E-state index contributed by atoms with van der Waals surface area (Å²) in [6, 6.07) is 7.78. The van der Waals surface area contributed by atoms with Crippen LogP contribution in [0.15, 0.2) is 24.3 Å². The fourth-order valence-electron chi connectivity index (χ4n) is 2.12. The van der Waals surface area contributed by atoms with Crippen LogP contribution >= 0.6 is 24.2 Å². The van der Waals surface area contributed by atoms with Crippen molar-refractivity contribution in [2.24, 2.45) is 0 Å². The quantitative estimate of drug-likeness (QED) is 0.861. The van der Waals surface area contributed by atoms with E-state index in [-0.39, 0.29) is 30.4 Å². The predicted molar refractivity (Wildman–Crippen MR) is 74.3 cm³/mol. The number of nitrogens with one attached hydrogen (secondary N) is 2. The molecule has 0 radical (unpaired) electrons. The molecule has 4 nitrogen and oxygen atoms in total. The molecular weight excluding hydrogens is 272 g/mol. The van der Waals surface area contributed by atoms with Crippen LogP contribution in [0.3, 0.4) is 0 Å². The summed E-state index contributed by atoms with van der Waals surface area (Å²) in [5.41, 5.74) is 1.08. The van der Waals surface area contributed by atoms with Crippen LogP contribution in [-0.2, 0) is 4.79 Å². The summed E-state index contributed by atoms with van der Waals surface area (Å²) in [5, 5.41) is 6.20. The number of carbonyl (C=O) groups excluding carboxylic acids is 1. The maximum absolute atomic E-state index is 12.0. The molecule has 1 aromatic carbocycles. The Hall–Kier alpha value is -0.910. The number of benzene rings is 1. The van der Waals surface area contributed by atoms with Crippen molar-refractivity contribution in [3.8, 4) is 5.75 Å². The van der Waals surface area contributed by atoms with Crippen molar-refractivity contribution < 1.29 is 9.53 Å². The first kappa shape index (κ1) is 13.5. The van der Waals surface area contributed by atoms with Gasteiger partial charge in [-0.15, -0.1) is 24.2 Å². The highest BCUT2D eigenvalue weighted by Gasteiger charge is 2.29. The van der Waals surface area contributed by atoms with Gasteiger partial charge in [0.15, 0.2) is 0 Å². The molecule has 0 bridgehead atoms. The molecule has 1 amide bonds. The molecule has 1 aromatic rings. The number of carbonyl (C=O) groups is 1. The third kappa shape index (κ3) is 2.58. The molecule has 2 atom stereocenters. The Morgan fingerprint density at radius 1 is 1.44 bits per heavy atom. The van der Waals surface area contributed by atoms with E-state index in [9.17, 15) is 4.79 Å². The molecule has 0 saturated carbocycles. The number of rotatable bonds is 2. The molecule has 0 aromatic heterocycles. The second kappa shape index (κ2) is 5.82. The van der Waals surface area contributed by atoms with E-state index in [0.29, 0.717) is 6.61 Å². The lowest BCUT2D eigenvalue weighted by atomic mass is 10.1. The molecule has 1 saturated heterocycles. The Bertz CT molecular complexity index is 438. The Morgan fingerprint density at radius 3 is 3.06 bits per heavy atom. The molecule has 3 rings (SSSR count). The fraction of sp³-hybridized carbons (Fsp3) is 0.417. The SMILES string of the molecule is Cl.O=C(NC1COc2ccccc21)C1CSCN1. The van der Waals surface area contributed by atoms with Crippen LogP contribution in [-0.4, -0.2) is 30.2 Å². The second-order valence-electron chi connectivity index (χ2n) is 4.18. The molecule has 6 heteroatoms. The maximum Gasteiger partial charge on any atom is 0.238 e. The van der Waals surface area contributed by atoms with Gasteiger partial charge in [-0.05, 0) is 6.07 Å². The zero-order valence-electron chi connectivity index (χ0n) is 9.72. The highest BCUT2D eigenvalue weighted by Crippen LogP contribution is 2.31. The first-order valence-electron chi connectivity index (χ1n) is 5.68. The van der Waals surface area contributed by atoms with Crippen molar-refractivity contribution in [1.82, 2.24) is 10.6 Å². The van der Waals surface area contributed by atoms with Crippen molar-refractivity contribution in [3.63, 3.8) is 0 Å². The Labute approximate surface area is 116 Å². The minimum Gasteiger partial charge on any atom is -0.491 e. The average Bonchev–Trinajstić information content (AvgIpc) is 2.98. The smallest absolute Gasteiger partial charge is 0.238 e. The van der Waals surface area contributed by atoms with Crippen LogP contribution in [0.2, 0.25) is 0 Å². The minimum atomic E-state index is -0.0623. The summed E-state index contributed by atoms with van der Waals surface area (Å²) in [6.07, 6.45) is 0. The van der Waals surface area contributed by atoms with Gasteiger partial charge >= 0.3 is 0 Å². The topological polar surface area (TPSA) is 50.4 Å². The number of ether oxygens (including phenoxy) is 1. The van der Waals surface area contributed by atoms with Crippen LogP contribution in [0.25, 0.3) is 0 Å². The van der Waals surface area contributed by atoms with E-state index < -0.39 is 0 Å². The van der Waals surface area contributed by atoms with E-state index >= 15 is 0 Å². The highest BCUT2D eigenvalue weighted by molar-refractivity contribution is 7.99. The summed E-state index contributed by atoms with van der Waals surface area (Å²) >= 11 is 1.75. The standard InChI is InChI=1S/C12H14N2O2S.ClH/c15-12(10-6-17-7-13-10)14-9-5-16-11-4-2-1-3-8(9)11;/h1-4,9-10,13H,5-7H2,(H,14,15);1H. The molecule has 98 valence electrons. The van der Waals surface area contributed by atoms with Crippen LogP contribution in [0.5, 0.6) is 5.75 Å². The molecule has 18 heavy (non-hydrogen) atoms. The van der Waals surface area contributed by atoms with Gasteiger partial charge in [0.2, 0.25) is 5.91 Å². The summed E-state index contributed by atoms with van der Waals surface area (Å²) in [7, 11) is 0. The van der Waals surface area contributed by atoms with Gasteiger partial charge in [0, 0.05) is 17.2 Å². The van der Waals surface area contributed by atoms with E-state index in [1.807, 2.05) is 24.3 Å². The van der Waals surface area contributed by atoms with Gasteiger partial charge in [-0.3, -0.25) is 10.1 Å². The molecule has 0 aliphatic carbocycles. The van der Waals surface area contributed by atoms with Gasteiger partial charge in [0.1, 0.15) is 12.4 Å². The summed E-state index contributed by atoms with van der Waals surface area (Å²) in [4.78, 5) is 12.0. The lowest BCUT2D eigenvalue weighted by molar-refractivity contribution is -0.123. The van der Waals surface area contributed by atoms with Crippen LogP contribution in [0.1, 0.15) is 11.6 Å². The fourth-order valence-corrected chi connectivity index (χ4v) is 3.06. The van der Waals surface area contributed by atoms with Crippen molar-refractivity contribution in [2.45, 2.75) is 12.1 Å². The number of para-hydroxylation sites is 1. The van der Waals surface area contributed by atoms with E-state index in [1.165, 1.54) is 0 Å². The van der Waals surface area contributed by atoms with Crippen molar-refractivity contribution in [2.75, 3.05) is 18.2 Å². The minimum absolute atomic E-state index is 0.